The van der Waals surface area contributed by atoms with Crippen LogP contribution in [0.2, 0.25) is 0 Å². The highest BCUT2D eigenvalue weighted by Crippen LogP contribution is 2.38. The number of hydrogen-bond acceptors (Lipinski definition) is 5. The molecule has 0 N–H and O–H groups in total. The molecular formula is C28H30N2O4S. The molecule has 0 spiro atoms. The van der Waals surface area contributed by atoms with Gasteiger partial charge in [0.1, 0.15) is 5.75 Å². The largest absolute Gasteiger partial charge is 0.481 e. The molecule has 2 atom stereocenters. The van der Waals surface area contributed by atoms with Gasteiger partial charge in [0, 0.05) is 31.1 Å². The van der Waals surface area contributed by atoms with Gasteiger partial charge in [-0.05, 0) is 53.8 Å². The first-order valence-corrected chi connectivity index (χ1v) is 13.4. The lowest BCUT2D eigenvalue weighted by molar-refractivity contribution is -0.138. The van der Waals surface area contributed by atoms with Crippen LogP contribution in [0.25, 0.3) is 0 Å². The van der Waals surface area contributed by atoms with Crippen LogP contribution < -0.4 is 4.74 Å². The van der Waals surface area contributed by atoms with Crippen molar-refractivity contribution in [3.8, 4) is 5.75 Å². The Bertz CT molecular complexity index is 1160. The summed E-state index contributed by atoms with van der Waals surface area (Å²) in [5, 5.41) is 0. The van der Waals surface area contributed by atoms with Crippen molar-refractivity contribution < 1.29 is 18.7 Å². The molecule has 2 aromatic carbocycles. The van der Waals surface area contributed by atoms with Crippen molar-refractivity contribution in [3.63, 3.8) is 0 Å². The minimum Gasteiger partial charge on any atom is -0.481 e. The smallest absolute Gasteiger partial charge is 0.290 e. The number of ether oxygens (including phenoxy) is 1. The zero-order chi connectivity index (χ0) is 24.2. The fourth-order valence-corrected chi connectivity index (χ4v) is 5.78. The first kappa shape index (κ1) is 23.5. The van der Waals surface area contributed by atoms with Crippen LogP contribution in [0.3, 0.4) is 0 Å². The highest BCUT2D eigenvalue weighted by molar-refractivity contribution is 7.99. The standard InChI is InChI=1S/C28H30N2O4S/c1-2-24(27(31)29-14-17-35-18-15-29)34-22-11-10-20-12-13-30(28(32)25-9-6-16-33-25)26(23(20)19-22)21-7-4-3-5-8-21/h3-11,16,19,24,26H,2,12-15,17-18H2,1H3/t24-,26+/m1/s1. The average molecular weight is 491 g/mol. The molecule has 7 heteroatoms. The van der Waals surface area contributed by atoms with Crippen molar-refractivity contribution in [2.24, 2.45) is 0 Å². The lowest BCUT2D eigenvalue weighted by atomic mass is 9.87. The van der Waals surface area contributed by atoms with Crippen LogP contribution in [-0.4, -0.2) is 58.9 Å². The molecule has 1 saturated heterocycles. The normalized spacial score (nSPS) is 18.6. The Morgan fingerprint density at radius 2 is 1.86 bits per heavy atom. The molecule has 1 fully saturated rings. The molecule has 35 heavy (non-hydrogen) atoms. The molecule has 0 radical (unpaired) electrons. The maximum absolute atomic E-state index is 13.4. The van der Waals surface area contributed by atoms with E-state index in [-0.39, 0.29) is 17.9 Å². The van der Waals surface area contributed by atoms with Gasteiger partial charge in [-0.1, -0.05) is 43.3 Å². The molecule has 2 amide bonds. The number of benzene rings is 2. The summed E-state index contributed by atoms with van der Waals surface area (Å²) >= 11 is 1.88. The Morgan fingerprint density at radius 3 is 2.57 bits per heavy atom. The summed E-state index contributed by atoms with van der Waals surface area (Å²) in [5.41, 5.74) is 3.23. The van der Waals surface area contributed by atoms with Crippen molar-refractivity contribution in [2.45, 2.75) is 31.9 Å². The fraction of sp³-hybridized carbons (Fsp3) is 0.357. The molecule has 0 aliphatic carbocycles. The maximum atomic E-state index is 13.4. The van der Waals surface area contributed by atoms with E-state index in [1.165, 1.54) is 11.8 Å². The Kier molecular flexibility index (Phi) is 7.13. The number of carbonyl (C=O) groups excluding carboxylic acids is 2. The Labute approximate surface area is 210 Å². The topological polar surface area (TPSA) is 63.0 Å². The Hall–Kier alpha value is -3.19. The third-order valence-electron chi connectivity index (χ3n) is 6.70. The number of carbonyl (C=O) groups is 2. The van der Waals surface area contributed by atoms with Crippen LogP contribution in [0, 0.1) is 0 Å². The second-order valence-electron chi connectivity index (χ2n) is 8.85. The summed E-state index contributed by atoms with van der Waals surface area (Å²) in [7, 11) is 0. The van der Waals surface area contributed by atoms with E-state index < -0.39 is 6.10 Å². The van der Waals surface area contributed by atoms with Crippen molar-refractivity contribution in [1.29, 1.82) is 0 Å². The molecule has 182 valence electrons. The summed E-state index contributed by atoms with van der Waals surface area (Å²) in [5.74, 6) is 2.85. The minimum atomic E-state index is -0.518. The van der Waals surface area contributed by atoms with Crippen LogP contribution in [0.15, 0.2) is 71.3 Å². The van der Waals surface area contributed by atoms with Gasteiger partial charge in [0.2, 0.25) is 0 Å². The number of fused-ring (bicyclic) bond motifs is 1. The van der Waals surface area contributed by atoms with E-state index in [0.29, 0.717) is 24.5 Å². The average Bonchev–Trinajstić information content (AvgIpc) is 3.46. The first-order chi connectivity index (χ1) is 17.2. The Balaban J connectivity index is 1.46. The molecule has 3 aromatic rings. The molecule has 2 aliphatic rings. The van der Waals surface area contributed by atoms with Gasteiger partial charge in [0.25, 0.3) is 11.8 Å². The predicted molar refractivity (Wildman–Crippen MR) is 137 cm³/mol. The van der Waals surface area contributed by atoms with E-state index in [1.807, 2.05) is 71.0 Å². The van der Waals surface area contributed by atoms with E-state index in [9.17, 15) is 9.59 Å². The Morgan fingerprint density at radius 1 is 1.06 bits per heavy atom. The van der Waals surface area contributed by atoms with Gasteiger partial charge in [-0.25, -0.2) is 0 Å². The van der Waals surface area contributed by atoms with Gasteiger partial charge in [-0.2, -0.15) is 11.8 Å². The number of furan rings is 1. The second-order valence-corrected chi connectivity index (χ2v) is 10.1. The lowest BCUT2D eigenvalue weighted by Crippen LogP contribution is -2.45. The highest BCUT2D eigenvalue weighted by Gasteiger charge is 2.34. The minimum absolute atomic E-state index is 0.0553. The molecule has 2 aliphatic heterocycles. The van der Waals surface area contributed by atoms with Crippen molar-refractivity contribution in [2.75, 3.05) is 31.1 Å². The van der Waals surface area contributed by atoms with Crippen LogP contribution in [0.5, 0.6) is 5.75 Å². The summed E-state index contributed by atoms with van der Waals surface area (Å²) < 4.78 is 11.7. The van der Waals surface area contributed by atoms with E-state index in [4.69, 9.17) is 9.15 Å². The van der Waals surface area contributed by atoms with E-state index in [0.717, 1.165) is 42.1 Å². The van der Waals surface area contributed by atoms with E-state index in [2.05, 4.69) is 6.07 Å². The van der Waals surface area contributed by atoms with Crippen LogP contribution in [-0.2, 0) is 11.2 Å². The number of amides is 2. The molecule has 0 unspecified atom stereocenters. The number of rotatable bonds is 6. The highest BCUT2D eigenvalue weighted by atomic mass is 32.2. The number of hydrogen-bond donors (Lipinski definition) is 0. The van der Waals surface area contributed by atoms with E-state index >= 15 is 0 Å². The maximum Gasteiger partial charge on any atom is 0.290 e. The van der Waals surface area contributed by atoms with Crippen LogP contribution in [0.1, 0.15) is 46.6 Å². The summed E-state index contributed by atoms with van der Waals surface area (Å²) in [4.78, 5) is 30.3. The van der Waals surface area contributed by atoms with Crippen molar-refractivity contribution in [1.82, 2.24) is 9.80 Å². The zero-order valence-corrected chi connectivity index (χ0v) is 20.7. The summed E-state index contributed by atoms with van der Waals surface area (Å²) in [6.45, 7) is 4.12. The predicted octanol–water partition coefficient (Wildman–Crippen LogP) is 4.80. The number of thioether (sulfide) groups is 1. The SMILES string of the molecule is CC[C@@H](Oc1ccc2c(c1)[C@H](c1ccccc1)N(C(=O)c1ccco1)CC2)C(=O)N1CCSCC1. The van der Waals surface area contributed by atoms with Crippen LogP contribution in [0.4, 0.5) is 0 Å². The van der Waals surface area contributed by atoms with Gasteiger partial charge in [0.05, 0.1) is 12.3 Å². The third kappa shape index (κ3) is 4.96. The zero-order valence-electron chi connectivity index (χ0n) is 19.9. The third-order valence-corrected chi connectivity index (χ3v) is 7.64. The molecule has 0 saturated carbocycles. The van der Waals surface area contributed by atoms with Crippen molar-refractivity contribution >= 4 is 23.6 Å². The molecule has 1 aromatic heterocycles. The monoisotopic (exact) mass is 490 g/mol. The van der Waals surface area contributed by atoms with Gasteiger partial charge >= 0.3 is 0 Å². The van der Waals surface area contributed by atoms with Gasteiger partial charge in [-0.15, -0.1) is 0 Å². The summed E-state index contributed by atoms with van der Waals surface area (Å²) in [6.07, 6.45) is 2.35. The van der Waals surface area contributed by atoms with Crippen molar-refractivity contribution in [3.05, 3.63) is 89.4 Å². The molecule has 0 bridgehead atoms. The van der Waals surface area contributed by atoms with Gasteiger partial charge in [-0.3, -0.25) is 9.59 Å². The fourth-order valence-electron chi connectivity index (χ4n) is 4.88. The lowest BCUT2D eigenvalue weighted by Gasteiger charge is -2.37. The molecule has 5 rings (SSSR count). The molecule has 6 nitrogen and oxygen atoms in total. The molecule has 3 heterocycles. The van der Waals surface area contributed by atoms with E-state index in [1.54, 1.807) is 12.1 Å². The second kappa shape index (κ2) is 10.6. The molecular weight excluding hydrogens is 460 g/mol. The first-order valence-electron chi connectivity index (χ1n) is 12.2. The summed E-state index contributed by atoms with van der Waals surface area (Å²) in [6, 6.07) is 19.2. The quantitative estimate of drug-likeness (QED) is 0.497. The number of nitrogens with zero attached hydrogens (tertiary/aromatic N) is 2. The van der Waals surface area contributed by atoms with Gasteiger partial charge in [0.15, 0.2) is 11.9 Å². The van der Waals surface area contributed by atoms with Crippen LogP contribution >= 0.6 is 11.8 Å². The van der Waals surface area contributed by atoms with Gasteiger partial charge < -0.3 is 19.0 Å².